The maximum absolute atomic E-state index is 12.4. The summed E-state index contributed by atoms with van der Waals surface area (Å²) >= 11 is 0. The summed E-state index contributed by atoms with van der Waals surface area (Å²) in [6.45, 7) is 2.14. The molecule has 3 unspecified atom stereocenters. The molecule has 3 rings (SSSR count). The molecule has 108 valence electrons. The summed E-state index contributed by atoms with van der Waals surface area (Å²) < 4.78 is 5.79. The minimum Gasteiger partial charge on any atom is -0.480 e. The lowest BCUT2D eigenvalue weighted by molar-refractivity contribution is -0.128. The van der Waals surface area contributed by atoms with Gasteiger partial charge in [-0.05, 0) is 31.2 Å². The van der Waals surface area contributed by atoms with E-state index < -0.39 is 6.10 Å². The minimum atomic E-state index is -0.452. The van der Waals surface area contributed by atoms with Gasteiger partial charge in [0.1, 0.15) is 5.75 Å². The van der Waals surface area contributed by atoms with Crippen LogP contribution in [0.4, 0.5) is 0 Å². The van der Waals surface area contributed by atoms with Crippen molar-refractivity contribution in [2.75, 3.05) is 6.61 Å². The van der Waals surface area contributed by atoms with E-state index in [1.54, 1.807) is 0 Å². The Bertz CT molecular complexity index is 498. The van der Waals surface area contributed by atoms with E-state index in [1.165, 1.54) is 0 Å². The third-order valence-electron chi connectivity index (χ3n) is 4.33. The fourth-order valence-corrected chi connectivity index (χ4v) is 2.97. The summed E-state index contributed by atoms with van der Waals surface area (Å²) in [6, 6.07) is 7.90. The molecule has 1 fully saturated rings. The predicted octanol–water partition coefficient (Wildman–Crippen LogP) is 1.83. The standard InChI is InChI=1S/C16H21NO3/c1-10-12-4-2-3-5-14(12)20-15(10)16(19)17-13(8-9-18)11-6-7-11/h2-5,10-11,13,15,18H,6-9H2,1H3,(H,17,19). The van der Waals surface area contributed by atoms with Crippen LogP contribution in [0.5, 0.6) is 5.75 Å². The largest absolute Gasteiger partial charge is 0.480 e. The number of nitrogens with one attached hydrogen (secondary N) is 1. The normalized spacial score (nSPS) is 25.7. The highest BCUT2D eigenvalue weighted by atomic mass is 16.5. The van der Waals surface area contributed by atoms with Gasteiger partial charge in [0, 0.05) is 24.1 Å². The van der Waals surface area contributed by atoms with Crippen molar-refractivity contribution in [3.8, 4) is 5.75 Å². The Labute approximate surface area is 119 Å². The lowest BCUT2D eigenvalue weighted by Crippen LogP contribution is -2.45. The van der Waals surface area contributed by atoms with E-state index in [9.17, 15) is 4.79 Å². The molecule has 1 aromatic carbocycles. The van der Waals surface area contributed by atoms with Crippen molar-refractivity contribution >= 4 is 5.91 Å². The Balaban J connectivity index is 1.66. The van der Waals surface area contributed by atoms with Gasteiger partial charge in [0.15, 0.2) is 6.10 Å². The fourth-order valence-electron chi connectivity index (χ4n) is 2.97. The van der Waals surface area contributed by atoms with E-state index in [-0.39, 0.29) is 24.5 Å². The molecule has 1 aromatic rings. The van der Waals surface area contributed by atoms with Crippen LogP contribution in [0.25, 0.3) is 0 Å². The van der Waals surface area contributed by atoms with Gasteiger partial charge >= 0.3 is 0 Å². The molecule has 0 aromatic heterocycles. The molecule has 1 heterocycles. The Hall–Kier alpha value is -1.55. The van der Waals surface area contributed by atoms with E-state index in [2.05, 4.69) is 5.32 Å². The number of amides is 1. The number of para-hydroxylation sites is 1. The summed E-state index contributed by atoms with van der Waals surface area (Å²) in [5.41, 5.74) is 1.10. The first kappa shape index (κ1) is 13.4. The monoisotopic (exact) mass is 275 g/mol. The predicted molar refractivity (Wildman–Crippen MR) is 75.6 cm³/mol. The smallest absolute Gasteiger partial charge is 0.261 e. The molecule has 4 heteroatoms. The Morgan fingerprint density at radius 3 is 2.85 bits per heavy atom. The molecular weight excluding hydrogens is 254 g/mol. The van der Waals surface area contributed by atoms with Crippen molar-refractivity contribution in [1.29, 1.82) is 0 Å². The second-order valence-corrected chi connectivity index (χ2v) is 5.83. The molecule has 1 saturated carbocycles. The lowest BCUT2D eigenvalue weighted by atomic mass is 9.96. The molecule has 0 radical (unpaired) electrons. The van der Waals surface area contributed by atoms with E-state index in [4.69, 9.17) is 9.84 Å². The van der Waals surface area contributed by atoms with Crippen molar-refractivity contribution in [2.45, 2.75) is 44.2 Å². The topological polar surface area (TPSA) is 58.6 Å². The van der Waals surface area contributed by atoms with Crippen molar-refractivity contribution in [2.24, 2.45) is 5.92 Å². The number of fused-ring (bicyclic) bond motifs is 1. The zero-order valence-electron chi connectivity index (χ0n) is 11.7. The number of aliphatic hydroxyl groups is 1. The molecule has 0 spiro atoms. The van der Waals surface area contributed by atoms with Crippen LogP contribution in [0.1, 0.15) is 37.7 Å². The molecule has 1 aliphatic carbocycles. The molecule has 3 atom stereocenters. The van der Waals surface area contributed by atoms with Gasteiger partial charge in [0.05, 0.1) is 0 Å². The summed E-state index contributed by atoms with van der Waals surface area (Å²) in [5.74, 6) is 1.36. The van der Waals surface area contributed by atoms with Gasteiger partial charge in [0.25, 0.3) is 5.91 Å². The Morgan fingerprint density at radius 1 is 1.45 bits per heavy atom. The van der Waals surface area contributed by atoms with Crippen LogP contribution in [-0.2, 0) is 4.79 Å². The first-order valence-corrected chi connectivity index (χ1v) is 7.37. The highest BCUT2D eigenvalue weighted by Crippen LogP contribution is 2.38. The summed E-state index contributed by atoms with van der Waals surface area (Å²) in [5, 5.41) is 12.2. The van der Waals surface area contributed by atoms with Crippen LogP contribution >= 0.6 is 0 Å². The zero-order chi connectivity index (χ0) is 14.1. The van der Waals surface area contributed by atoms with Gasteiger partial charge in [-0.2, -0.15) is 0 Å². The van der Waals surface area contributed by atoms with Gasteiger partial charge in [-0.3, -0.25) is 4.79 Å². The maximum Gasteiger partial charge on any atom is 0.261 e. The first-order chi connectivity index (χ1) is 9.70. The number of hydrogen-bond donors (Lipinski definition) is 2. The molecule has 4 nitrogen and oxygen atoms in total. The number of carbonyl (C=O) groups is 1. The SMILES string of the molecule is CC1c2ccccc2OC1C(=O)NC(CCO)C1CC1. The van der Waals surface area contributed by atoms with Crippen LogP contribution in [0.15, 0.2) is 24.3 Å². The number of carbonyl (C=O) groups excluding carboxylic acids is 1. The van der Waals surface area contributed by atoms with Crippen LogP contribution in [-0.4, -0.2) is 29.8 Å². The number of hydrogen-bond acceptors (Lipinski definition) is 3. The van der Waals surface area contributed by atoms with Gasteiger partial charge in [-0.25, -0.2) is 0 Å². The van der Waals surface area contributed by atoms with Gasteiger partial charge in [-0.15, -0.1) is 0 Å². The van der Waals surface area contributed by atoms with Crippen LogP contribution < -0.4 is 10.1 Å². The van der Waals surface area contributed by atoms with Crippen molar-refractivity contribution in [3.05, 3.63) is 29.8 Å². The highest BCUT2D eigenvalue weighted by Gasteiger charge is 2.39. The van der Waals surface area contributed by atoms with Crippen LogP contribution in [0, 0.1) is 5.92 Å². The second-order valence-electron chi connectivity index (χ2n) is 5.83. The average molecular weight is 275 g/mol. The van der Waals surface area contributed by atoms with E-state index >= 15 is 0 Å². The summed E-state index contributed by atoms with van der Waals surface area (Å²) in [7, 11) is 0. The third kappa shape index (κ3) is 2.52. The second kappa shape index (κ2) is 5.44. The number of rotatable bonds is 5. The molecular formula is C16H21NO3. The zero-order valence-corrected chi connectivity index (χ0v) is 11.7. The number of aliphatic hydroxyl groups excluding tert-OH is 1. The molecule has 2 N–H and O–H groups in total. The van der Waals surface area contributed by atoms with Crippen molar-refractivity contribution in [1.82, 2.24) is 5.32 Å². The molecule has 0 bridgehead atoms. The minimum absolute atomic E-state index is 0.0564. The van der Waals surface area contributed by atoms with Gasteiger partial charge in [0.2, 0.25) is 0 Å². The summed E-state index contributed by atoms with van der Waals surface area (Å²) in [6.07, 6.45) is 2.47. The molecule has 1 amide bonds. The first-order valence-electron chi connectivity index (χ1n) is 7.37. The van der Waals surface area contributed by atoms with Gasteiger partial charge in [-0.1, -0.05) is 25.1 Å². The fraction of sp³-hybridized carbons (Fsp3) is 0.562. The number of ether oxygens (including phenoxy) is 1. The van der Waals surface area contributed by atoms with Crippen LogP contribution in [0.3, 0.4) is 0 Å². The quantitative estimate of drug-likeness (QED) is 0.862. The van der Waals surface area contributed by atoms with E-state index in [1.807, 2.05) is 31.2 Å². The Morgan fingerprint density at radius 2 is 2.20 bits per heavy atom. The average Bonchev–Trinajstić information content (AvgIpc) is 3.24. The van der Waals surface area contributed by atoms with Crippen LogP contribution in [0.2, 0.25) is 0 Å². The maximum atomic E-state index is 12.4. The third-order valence-corrected chi connectivity index (χ3v) is 4.33. The lowest BCUT2D eigenvalue weighted by Gasteiger charge is -2.21. The Kier molecular flexibility index (Phi) is 3.66. The van der Waals surface area contributed by atoms with E-state index in [0.29, 0.717) is 12.3 Å². The highest BCUT2D eigenvalue weighted by molar-refractivity contribution is 5.83. The van der Waals surface area contributed by atoms with Crippen molar-refractivity contribution < 1.29 is 14.6 Å². The molecule has 0 saturated heterocycles. The van der Waals surface area contributed by atoms with E-state index in [0.717, 1.165) is 24.2 Å². The molecule has 1 aliphatic heterocycles. The number of benzene rings is 1. The van der Waals surface area contributed by atoms with Gasteiger partial charge < -0.3 is 15.2 Å². The van der Waals surface area contributed by atoms with Crippen molar-refractivity contribution in [3.63, 3.8) is 0 Å². The molecule has 20 heavy (non-hydrogen) atoms. The summed E-state index contributed by atoms with van der Waals surface area (Å²) in [4.78, 5) is 12.4. The molecule has 2 aliphatic rings.